The molecule has 4 heteroatoms. The van der Waals surface area contributed by atoms with Gasteiger partial charge in [0.2, 0.25) is 0 Å². The van der Waals surface area contributed by atoms with E-state index >= 15 is 0 Å². The van der Waals surface area contributed by atoms with Crippen molar-refractivity contribution >= 4 is 12.0 Å². The Bertz CT molecular complexity index is 509. The Kier molecular flexibility index (Phi) is 4.93. The van der Waals surface area contributed by atoms with Crippen molar-refractivity contribution in [3.05, 3.63) is 54.2 Å². The minimum Gasteiger partial charge on any atom is -0.494 e. The lowest BCUT2D eigenvalue weighted by molar-refractivity contribution is 0.317. The first kappa shape index (κ1) is 13.1. The van der Waals surface area contributed by atoms with Crippen molar-refractivity contribution in [1.82, 2.24) is 4.98 Å². The Morgan fingerprint density at radius 2 is 2.05 bits per heavy atom. The molecule has 0 atom stereocenters. The third-order valence-electron chi connectivity index (χ3n) is 2.41. The van der Waals surface area contributed by atoms with Gasteiger partial charge in [0, 0.05) is 6.20 Å². The average molecular weight is 255 g/mol. The molecule has 0 fully saturated rings. The predicted octanol–water partition coefficient (Wildman–Crippen LogP) is 3.32. The van der Waals surface area contributed by atoms with E-state index in [1.54, 1.807) is 12.4 Å². The molecule has 0 saturated carbocycles. The molecule has 0 unspecified atom stereocenters. The third-order valence-corrected chi connectivity index (χ3v) is 2.41. The van der Waals surface area contributed by atoms with E-state index in [2.05, 4.69) is 22.4 Å². The zero-order valence-electron chi connectivity index (χ0n) is 10.9. The first-order valence-corrected chi connectivity index (χ1v) is 6.31. The third kappa shape index (κ3) is 4.43. The highest BCUT2D eigenvalue weighted by Gasteiger charge is 1.93. The second-order valence-electron chi connectivity index (χ2n) is 4.00. The molecule has 19 heavy (non-hydrogen) atoms. The monoisotopic (exact) mass is 255 g/mol. The van der Waals surface area contributed by atoms with Gasteiger partial charge in [-0.05, 0) is 48.4 Å². The lowest BCUT2D eigenvalue weighted by atomic mass is 10.2. The van der Waals surface area contributed by atoms with Gasteiger partial charge in [0.1, 0.15) is 11.6 Å². The van der Waals surface area contributed by atoms with Crippen molar-refractivity contribution in [2.24, 2.45) is 5.10 Å². The van der Waals surface area contributed by atoms with E-state index in [4.69, 9.17) is 4.74 Å². The number of hydrazone groups is 1. The Hall–Kier alpha value is -2.36. The molecule has 0 spiro atoms. The molecular formula is C15H17N3O. The number of pyridine rings is 1. The number of anilines is 1. The van der Waals surface area contributed by atoms with Crippen molar-refractivity contribution in [1.29, 1.82) is 0 Å². The highest BCUT2D eigenvalue weighted by molar-refractivity contribution is 5.80. The van der Waals surface area contributed by atoms with Crippen LogP contribution in [0.1, 0.15) is 18.9 Å². The molecule has 1 N–H and O–H groups in total. The maximum atomic E-state index is 5.51. The van der Waals surface area contributed by atoms with Gasteiger partial charge in [0.25, 0.3) is 0 Å². The van der Waals surface area contributed by atoms with Crippen molar-refractivity contribution in [3.63, 3.8) is 0 Å². The second kappa shape index (κ2) is 7.16. The normalized spacial score (nSPS) is 10.6. The van der Waals surface area contributed by atoms with E-state index in [9.17, 15) is 0 Å². The fourth-order valence-corrected chi connectivity index (χ4v) is 1.47. The quantitative estimate of drug-likeness (QED) is 0.636. The van der Waals surface area contributed by atoms with Crippen LogP contribution in [0, 0.1) is 0 Å². The lowest BCUT2D eigenvalue weighted by Gasteiger charge is -2.03. The summed E-state index contributed by atoms with van der Waals surface area (Å²) in [6.07, 6.45) is 4.48. The zero-order valence-corrected chi connectivity index (χ0v) is 10.9. The van der Waals surface area contributed by atoms with Gasteiger partial charge in [0.15, 0.2) is 0 Å². The molecule has 0 aliphatic rings. The number of nitrogens with one attached hydrogen (secondary N) is 1. The topological polar surface area (TPSA) is 46.5 Å². The van der Waals surface area contributed by atoms with Gasteiger partial charge in [-0.2, -0.15) is 5.10 Å². The van der Waals surface area contributed by atoms with E-state index in [1.807, 2.05) is 42.5 Å². The Balaban J connectivity index is 1.88. The second-order valence-corrected chi connectivity index (χ2v) is 4.00. The summed E-state index contributed by atoms with van der Waals surface area (Å²) >= 11 is 0. The number of aromatic nitrogens is 1. The van der Waals surface area contributed by atoms with Crippen molar-refractivity contribution in [2.75, 3.05) is 12.0 Å². The van der Waals surface area contributed by atoms with Crippen LogP contribution >= 0.6 is 0 Å². The first-order valence-electron chi connectivity index (χ1n) is 6.31. The molecule has 1 heterocycles. The van der Waals surface area contributed by atoms with Crippen LogP contribution in [0.2, 0.25) is 0 Å². The molecule has 4 nitrogen and oxygen atoms in total. The van der Waals surface area contributed by atoms with E-state index in [1.165, 1.54) is 0 Å². The summed E-state index contributed by atoms with van der Waals surface area (Å²) in [4.78, 5) is 4.11. The summed E-state index contributed by atoms with van der Waals surface area (Å²) in [5, 5.41) is 4.13. The molecule has 0 radical (unpaired) electrons. The van der Waals surface area contributed by atoms with Crippen LogP contribution in [-0.4, -0.2) is 17.8 Å². The smallest absolute Gasteiger partial charge is 0.146 e. The summed E-state index contributed by atoms with van der Waals surface area (Å²) in [5.74, 6) is 1.61. The van der Waals surface area contributed by atoms with Gasteiger partial charge < -0.3 is 4.74 Å². The largest absolute Gasteiger partial charge is 0.494 e. The van der Waals surface area contributed by atoms with Gasteiger partial charge in [-0.25, -0.2) is 4.98 Å². The van der Waals surface area contributed by atoms with E-state index in [0.29, 0.717) is 0 Å². The zero-order chi connectivity index (χ0) is 13.3. The fraction of sp³-hybridized carbons (Fsp3) is 0.200. The van der Waals surface area contributed by atoms with Crippen LogP contribution in [0.5, 0.6) is 5.75 Å². The van der Waals surface area contributed by atoms with Crippen molar-refractivity contribution in [2.45, 2.75) is 13.3 Å². The fourth-order valence-electron chi connectivity index (χ4n) is 1.47. The summed E-state index contributed by atoms with van der Waals surface area (Å²) in [5.41, 5.74) is 3.88. The average Bonchev–Trinajstić information content (AvgIpc) is 2.47. The van der Waals surface area contributed by atoms with Gasteiger partial charge in [-0.1, -0.05) is 13.0 Å². The molecule has 0 amide bonds. The summed E-state index contributed by atoms with van der Waals surface area (Å²) in [6.45, 7) is 2.83. The Morgan fingerprint density at radius 1 is 1.21 bits per heavy atom. The highest BCUT2D eigenvalue weighted by Crippen LogP contribution is 2.11. The Labute approximate surface area is 113 Å². The van der Waals surface area contributed by atoms with Crippen LogP contribution in [-0.2, 0) is 0 Å². The summed E-state index contributed by atoms with van der Waals surface area (Å²) in [6, 6.07) is 13.5. The molecule has 1 aromatic carbocycles. The molecule has 1 aromatic heterocycles. The highest BCUT2D eigenvalue weighted by atomic mass is 16.5. The molecule has 0 bridgehead atoms. The number of benzene rings is 1. The maximum Gasteiger partial charge on any atom is 0.146 e. The van der Waals surface area contributed by atoms with Crippen LogP contribution in [0.15, 0.2) is 53.8 Å². The maximum absolute atomic E-state index is 5.51. The Morgan fingerprint density at radius 3 is 2.74 bits per heavy atom. The molecule has 98 valence electrons. The standard InChI is InChI=1S/C15H17N3O/c1-2-11-19-14-8-6-13(7-9-14)12-17-18-15-5-3-4-10-16-15/h3-10,12H,2,11H2,1H3,(H,16,18)/b17-12-. The summed E-state index contributed by atoms with van der Waals surface area (Å²) in [7, 11) is 0. The number of rotatable bonds is 6. The van der Waals surface area contributed by atoms with E-state index in [-0.39, 0.29) is 0 Å². The lowest BCUT2D eigenvalue weighted by Crippen LogP contribution is -1.95. The molecule has 0 aliphatic carbocycles. The van der Waals surface area contributed by atoms with Crippen molar-refractivity contribution in [3.8, 4) is 5.75 Å². The number of hydrogen-bond acceptors (Lipinski definition) is 4. The molecule has 0 aliphatic heterocycles. The number of hydrogen-bond donors (Lipinski definition) is 1. The minimum atomic E-state index is 0.724. The van der Waals surface area contributed by atoms with Crippen LogP contribution in [0.4, 0.5) is 5.82 Å². The van der Waals surface area contributed by atoms with Crippen LogP contribution in [0.25, 0.3) is 0 Å². The predicted molar refractivity (Wildman–Crippen MR) is 77.7 cm³/mol. The molecule has 0 saturated heterocycles. The van der Waals surface area contributed by atoms with Gasteiger partial charge >= 0.3 is 0 Å². The van der Waals surface area contributed by atoms with Crippen molar-refractivity contribution < 1.29 is 4.74 Å². The minimum absolute atomic E-state index is 0.724. The van der Waals surface area contributed by atoms with E-state index < -0.39 is 0 Å². The van der Waals surface area contributed by atoms with Crippen LogP contribution < -0.4 is 10.2 Å². The SMILES string of the molecule is CCCOc1ccc(/C=N\Nc2ccccn2)cc1. The number of nitrogens with zero attached hydrogens (tertiary/aromatic N) is 2. The van der Waals surface area contributed by atoms with E-state index in [0.717, 1.165) is 30.2 Å². The number of ether oxygens (including phenoxy) is 1. The van der Waals surface area contributed by atoms with Gasteiger partial charge in [-0.15, -0.1) is 0 Å². The molecule has 2 aromatic rings. The van der Waals surface area contributed by atoms with Gasteiger partial charge in [-0.3, -0.25) is 5.43 Å². The molecule has 2 rings (SSSR count). The van der Waals surface area contributed by atoms with Gasteiger partial charge in [0.05, 0.1) is 12.8 Å². The summed E-state index contributed by atoms with van der Waals surface area (Å²) < 4.78 is 5.51. The molecular weight excluding hydrogens is 238 g/mol. The first-order chi connectivity index (χ1) is 9.38. The van der Waals surface area contributed by atoms with Crippen LogP contribution in [0.3, 0.4) is 0 Å².